The summed E-state index contributed by atoms with van der Waals surface area (Å²) in [6, 6.07) is 3.31. The topological polar surface area (TPSA) is 85.0 Å². The van der Waals surface area contributed by atoms with E-state index in [1.165, 1.54) is 15.5 Å². The summed E-state index contributed by atoms with van der Waals surface area (Å²) in [5.74, 6) is -0.0322. The molecule has 0 spiro atoms. The number of halogens is 5. The molecule has 3 aliphatic rings. The summed E-state index contributed by atoms with van der Waals surface area (Å²) in [7, 11) is 1.64. The first-order valence-corrected chi connectivity index (χ1v) is 13.5. The number of imidazole rings is 1. The molecule has 9 nitrogen and oxygen atoms in total. The lowest BCUT2D eigenvalue weighted by atomic mass is 9.99. The van der Waals surface area contributed by atoms with Crippen molar-refractivity contribution < 1.29 is 22.4 Å². The first-order valence-electron chi connectivity index (χ1n) is 13.2. The summed E-state index contributed by atoms with van der Waals surface area (Å²) in [5, 5.41) is 4.80. The SMILES string of the molecule is CN1C(=O)CN(Cc2cc(F)c3c(c2)CCCn2cc(C(F)(F)F)nc2-3)c2nc(-c3c(Cl)cnn3C3CC3)ncc21. The third-order valence-corrected chi connectivity index (χ3v) is 7.98. The maximum atomic E-state index is 15.6. The van der Waals surface area contributed by atoms with Crippen LogP contribution in [0.5, 0.6) is 0 Å². The zero-order chi connectivity index (χ0) is 28.6. The van der Waals surface area contributed by atoms with Crippen LogP contribution in [0.2, 0.25) is 5.02 Å². The molecule has 1 amide bonds. The molecule has 1 saturated carbocycles. The number of amides is 1. The molecule has 212 valence electrons. The van der Waals surface area contributed by atoms with Crippen LogP contribution < -0.4 is 9.80 Å². The van der Waals surface area contributed by atoms with E-state index < -0.39 is 17.7 Å². The van der Waals surface area contributed by atoms with Gasteiger partial charge in [-0.2, -0.15) is 18.3 Å². The van der Waals surface area contributed by atoms with Gasteiger partial charge in [0.25, 0.3) is 0 Å². The minimum absolute atomic E-state index is 0.00632. The summed E-state index contributed by atoms with van der Waals surface area (Å²) < 4.78 is 58.8. The van der Waals surface area contributed by atoms with Crippen molar-refractivity contribution >= 4 is 29.0 Å². The summed E-state index contributed by atoms with van der Waals surface area (Å²) in [6.45, 7) is 0.431. The number of carbonyl (C=O) groups is 1. The molecule has 1 aromatic carbocycles. The van der Waals surface area contributed by atoms with Gasteiger partial charge in [0.1, 0.15) is 23.0 Å². The molecule has 41 heavy (non-hydrogen) atoms. The lowest BCUT2D eigenvalue weighted by molar-refractivity contribution is -0.140. The molecule has 0 bridgehead atoms. The molecule has 0 atom stereocenters. The van der Waals surface area contributed by atoms with Gasteiger partial charge in [0.2, 0.25) is 5.91 Å². The van der Waals surface area contributed by atoms with E-state index in [1.807, 2.05) is 4.68 Å². The number of benzene rings is 1. The molecule has 0 radical (unpaired) electrons. The zero-order valence-electron chi connectivity index (χ0n) is 21.8. The highest BCUT2D eigenvalue weighted by Crippen LogP contribution is 2.41. The summed E-state index contributed by atoms with van der Waals surface area (Å²) >= 11 is 6.46. The van der Waals surface area contributed by atoms with Crippen molar-refractivity contribution in [3.8, 4) is 22.9 Å². The number of alkyl halides is 3. The second-order valence-electron chi connectivity index (χ2n) is 10.6. The Hall–Kier alpha value is -4.00. The van der Waals surface area contributed by atoms with Crippen molar-refractivity contribution in [3.05, 3.63) is 58.4 Å². The predicted molar refractivity (Wildman–Crippen MR) is 142 cm³/mol. The molecule has 1 aliphatic carbocycles. The van der Waals surface area contributed by atoms with Crippen LogP contribution in [0.4, 0.5) is 29.1 Å². The number of aromatic nitrogens is 6. The van der Waals surface area contributed by atoms with E-state index in [9.17, 15) is 18.0 Å². The normalized spacial score (nSPS) is 16.9. The Balaban J connectivity index is 1.26. The second-order valence-corrected chi connectivity index (χ2v) is 11.0. The lowest BCUT2D eigenvalue weighted by Gasteiger charge is -2.34. The minimum atomic E-state index is -4.63. The molecular weight excluding hydrogens is 564 g/mol. The highest BCUT2D eigenvalue weighted by Gasteiger charge is 2.37. The zero-order valence-corrected chi connectivity index (χ0v) is 22.5. The summed E-state index contributed by atoms with van der Waals surface area (Å²) in [6.07, 6.45) is 2.41. The molecule has 7 rings (SSSR count). The van der Waals surface area contributed by atoms with Gasteiger partial charge in [0.15, 0.2) is 17.3 Å². The third kappa shape index (κ3) is 4.42. The number of carbonyl (C=O) groups excluding carboxylic acids is 1. The molecule has 14 heteroatoms. The van der Waals surface area contributed by atoms with Gasteiger partial charge in [0.05, 0.1) is 35.6 Å². The fourth-order valence-electron chi connectivity index (χ4n) is 5.55. The average Bonchev–Trinajstić information content (AvgIpc) is 3.60. The van der Waals surface area contributed by atoms with Gasteiger partial charge in [-0.15, -0.1) is 0 Å². The lowest BCUT2D eigenvalue weighted by Crippen LogP contribution is -2.44. The van der Waals surface area contributed by atoms with Crippen LogP contribution in [-0.4, -0.2) is 48.8 Å². The second kappa shape index (κ2) is 9.26. The number of hydrogen-bond acceptors (Lipinski definition) is 6. The van der Waals surface area contributed by atoms with E-state index >= 15 is 4.39 Å². The molecule has 2 aliphatic heterocycles. The van der Waals surface area contributed by atoms with E-state index in [0.717, 1.165) is 19.0 Å². The van der Waals surface area contributed by atoms with E-state index in [0.29, 0.717) is 58.6 Å². The Labute approximate surface area is 236 Å². The number of aryl methyl sites for hydroxylation is 2. The Morgan fingerprint density at radius 3 is 2.71 bits per heavy atom. The smallest absolute Gasteiger partial charge is 0.341 e. The van der Waals surface area contributed by atoms with Gasteiger partial charge < -0.3 is 14.4 Å². The van der Waals surface area contributed by atoms with Gasteiger partial charge in [-0.05, 0) is 42.9 Å². The van der Waals surface area contributed by atoms with Crippen molar-refractivity contribution in [2.24, 2.45) is 0 Å². The monoisotopic (exact) mass is 586 g/mol. The molecule has 0 unspecified atom stereocenters. The van der Waals surface area contributed by atoms with Crippen LogP contribution in [-0.2, 0) is 30.5 Å². The van der Waals surface area contributed by atoms with Gasteiger partial charge in [-0.3, -0.25) is 9.48 Å². The molecule has 3 aromatic heterocycles. The van der Waals surface area contributed by atoms with Crippen LogP contribution in [0, 0.1) is 5.82 Å². The van der Waals surface area contributed by atoms with Crippen molar-refractivity contribution in [3.63, 3.8) is 0 Å². The molecular formula is C27H23ClF4N8O. The van der Waals surface area contributed by atoms with Crippen LogP contribution >= 0.6 is 11.6 Å². The van der Waals surface area contributed by atoms with Crippen LogP contribution in [0.1, 0.15) is 42.1 Å². The maximum absolute atomic E-state index is 15.6. The summed E-state index contributed by atoms with van der Waals surface area (Å²) in [5.41, 5.74) is 1.25. The maximum Gasteiger partial charge on any atom is 0.434 e. The van der Waals surface area contributed by atoms with Crippen LogP contribution in [0.15, 0.2) is 30.7 Å². The number of nitrogens with zero attached hydrogens (tertiary/aromatic N) is 8. The highest BCUT2D eigenvalue weighted by atomic mass is 35.5. The molecule has 4 aromatic rings. The number of rotatable bonds is 4. The molecule has 1 fully saturated rings. The van der Waals surface area contributed by atoms with E-state index in [1.54, 1.807) is 30.4 Å². The van der Waals surface area contributed by atoms with E-state index in [-0.39, 0.29) is 36.4 Å². The van der Waals surface area contributed by atoms with Crippen molar-refractivity contribution in [1.29, 1.82) is 0 Å². The van der Waals surface area contributed by atoms with Gasteiger partial charge in [0, 0.05) is 26.3 Å². The minimum Gasteiger partial charge on any atom is -0.341 e. The Bertz CT molecular complexity index is 1710. The van der Waals surface area contributed by atoms with Crippen molar-refractivity contribution in [2.45, 2.75) is 51.0 Å². The Morgan fingerprint density at radius 1 is 1.15 bits per heavy atom. The Kier molecular flexibility index (Phi) is 5.86. The third-order valence-electron chi connectivity index (χ3n) is 7.71. The molecule has 5 heterocycles. The average molecular weight is 587 g/mol. The van der Waals surface area contributed by atoms with E-state index in [2.05, 4.69) is 15.1 Å². The highest BCUT2D eigenvalue weighted by molar-refractivity contribution is 6.32. The fraction of sp³-hybridized carbons (Fsp3) is 0.370. The largest absolute Gasteiger partial charge is 0.434 e. The van der Waals surface area contributed by atoms with Crippen LogP contribution in [0.25, 0.3) is 22.9 Å². The quantitative estimate of drug-likeness (QED) is 0.303. The standard InChI is InChI=1S/C27H23ClF4N8O/c1-37-19-10-33-24(23-17(28)9-34-40(23)16-4-5-16)36-25(19)39(13-21(37)41)11-14-7-15-3-2-6-38-12-20(27(30,31)32)35-26(38)22(15)18(29)8-14/h7-10,12,16H,2-6,11,13H2,1H3. The first kappa shape index (κ1) is 25.9. The molecule has 0 N–H and O–H groups in total. The molecule has 0 saturated heterocycles. The predicted octanol–water partition coefficient (Wildman–Crippen LogP) is 5.28. The number of fused-ring (bicyclic) bond motifs is 4. The number of anilines is 2. The van der Waals surface area contributed by atoms with E-state index in [4.69, 9.17) is 16.6 Å². The first-order chi connectivity index (χ1) is 19.6. The van der Waals surface area contributed by atoms with Crippen molar-refractivity contribution in [1.82, 2.24) is 29.3 Å². The number of hydrogen-bond donors (Lipinski definition) is 0. The van der Waals surface area contributed by atoms with Gasteiger partial charge in [-0.1, -0.05) is 17.7 Å². The Morgan fingerprint density at radius 2 is 1.95 bits per heavy atom. The van der Waals surface area contributed by atoms with Gasteiger partial charge in [-0.25, -0.2) is 19.3 Å². The van der Waals surface area contributed by atoms with Crippen molar-refractivity contribution in [2.75, 3.05) is 23.4 Å². The fourth-order valence-corrected chi connectivity index (χ4v) is 5.77. The summed E-state index contributed by atoms with van der Waals surface area (Å²) in [4.78, 5) is 29.1. The van der Waals surface area contributed by atoms with Crippen LogP contribution in [0.3, 0.4) is 0 Å². The van der Waals surface area contributed by atoms with Gasteiger partial charge >= 0.3 is 6.18 Å². The number of likely N-dealkylation sites (N-methyl/N-ethyl adjacent to an activating group) is 1.